The number of benzene rings is 1. The van der Waals surface area contributed by atoms with Gasteiger partial charge in [-0.1, -0.05) is 20.8 Å². The summed E-state index contributed by atoms with van der Waals surface area (Å²) in [5.41, 5.74) is 0.913. The predicted molar refractivity (Wildman–Crippen MR) is 82.9 cm³/mol. The van der Waals surface area contributed by atoms with Gasteiger partial charge in [-0.15, -0.1) is 0 Å². The second kappa shape index (κ2) is 7.64. The lowest BCUT2D eigenvalue weighted by Crippen LogP contribution is -2.30. The fourth-order valence-corrected chi connectivity index (χ4v) is 3.26. The molecule has 0 saturated carbocycles. The van der Waals surface area contributed by atoms with E-state index < -0.39 is 9.84 Å². The summed E-state index contributed by atoms with van der Waals surface area (Å²) >= 11 is 0. The van der Waals surface area contributed by atoms with Gasteiger partial charge in [0, 0.05) is 12.8 Å². The van der Waals surface area contributed by atoms with Crippen LogP contribution < -0.4 is 5.32 Å². The van der Waals surface area contributed by atoms with E-state index >= 15 is 0 Å². The summed E-state index contributed by atoms with van der Waals surface area (Å²) in [4.78, 5) is 0.387. The van der Waals surface area contributed by atoms with E-state index in [1.807, 2.05) is 19.1 Å². The molecule has 0 aliphatic heterocycles. The molecule has 0 bridgehead atoms. The molecule has 0 saturated heterocycles. The number of sulfone groups is 1. The third kappa shape index (κ3) is 4.80. The zero-order valence-electron chi connectivity index (χ0n) is 12.7. The Balaban J connectivity index is 2.81. The Morgan fingerprint density at radius 3 is 2.25 bits per heavy atom. The lowest BCUT2D eigenvalue weighted by Gasteiger charge is -2.22. The maximum absolute atomic E-state index is 11.9. The molecule has 1 atom stereocenters. The molecule has 1 N–H and O–H groups in total. The molecule has 114 valence electrons. The first kappa shape index (κ1) is 17.0. The summed E-state index contributed by atoms with van der Waals surface area (Å²) in [7, 11) is -1.46. The van der Waals surface area contributed by atoms with Crippen LogP contribution in [0, 0.1) is 5.92 Å². The van der Waals surface area contributed by atoms with Gasteiger partial charge in [-0.3, -0.25) is 0 Å². The van der Waals surface area contributed by atoms with Gasteiger partial charge in [0.15, 0.2) is 9.84 Å². The Morgan fingerprint density at radius 2 is 1.80 bits per heavy atom. The van der Waals surface area contributed by atoms with Crippen LogP contribution in [0.4, 0.5) is 5.69 Å². The molecule has 0 aliphatic carbocycles. The fraction of sp³-hybridized carbons (Fsp3) is 0.600. The van der Waals surface area contributed by atoms with Crippen molar-refractivity contribution in [2.75, 3.05) is 24.8 Å². The third-order valence-electron chi connectivity index (χ3n) is 3.19. The normalized spacial score (nSPS) is 13.4. The first-order chi connectivity index (χ1) is 9.40. The van der Waals surface area contributed by atoms with Crippen LogP contribution in [0.25, 0.3) is 0 Å². The van der Waals surface area contributed by atoms with E-state index in [4.69, 9.17) is 4.74 Å². The first-order valence-corrected chi connectivity index (χ1v) is 8.64. The van der Waals surface area contributed by atoms with E-state index in [0.717, 1.165) is 5.69 Å². The molecule has 0 aliphatic rings. The van der Waals surface area contributed by atoms with Gasteiger partial charge < -0.3 is 10.1 Å². The lowest BCUT2D eigenvalue weighted by atomic mass is 10.1. The molecular weight excluding hydrogens is 274 g/mol. The van der Waals surface area contributed by atoms with Crippen LogP contribution in [-0.4, -0.2) is 33.9 Å². The molecule has 4 nitrogen and oxygen atoms in total. The van der Waals surface area contributed by atoms with E-state index in [-0.39, 0.29) is 11.8 Å². The van der Waals surface area contributed by atoms with Crippen LogP contribution in [0.15, 0.2) is 29.2 Å². The fourth-order valence-electron chi connectivity index (χ4n) is 1.94. The second-order valence-electron chi connectivity index (χ2n) is 5.29. The SMILES string of the molecule is CCCS(=O)(=O)c1ccc(NC(COC)C(C)C)cc1. The molecule has 20 heavy (non-hydrogen) atoms. The van der Waals surface area contributed by atoms with Crippen molar-refractivity contribution in [1.29, 1.82) is 0 Å². The summed E-state index contributed by atoms with van der Waals surface area (Å²) in [5.74, 6) is 0.622. The number of anilines is 1. The monoisotopic (exact) mass is 299 g/mol. The van der Waals surface area contributed by atoms with Crippen LogP contribution in [-0.2, 0) is 14.6 Å². The Kier molecular flexibility index (Phi) is 6.49. The van der Waals surface area contributed by atoms with Crippen LogP contribution >= 0.6 is 0 Å². The average molecular weight is 299 g/mol. The van der Waals surface area contributed by atoms with Gasteiger partial charge in [0.2, 0.25) is 0 Å². The Morgan fingerprint density at radius 1 is 1.20 bits per heavy atom. The second-order valence-corrected chi connectivity index (χ2v) is 7.40. The molecule has 0 radical (unpaired) electrons. The van der Waals surface area contributed by atoms with Crippen molar-refractivity contribution < 1.29 is 13.2 Å². The number of hydrogen-bond donors (Lipinski definition) is 1. The van der Waals surface area contributed by atoms with Crippen LogP contribution in [0.3, 0.4) is 0 Å². The molecule has 1 aromatic carbocycles. The summed E-state index contributed by atoms with van der Waals surface area (Å²) in [6.07, 6.45) is 0.631. The quantitative estimate of drug-likeness (QED) is 0.802. The largest absolute Gasteiger partial charge is 0.383 e. The van der Waals surface area contributed by atoms with Crippen molar-refractivity contribution >= 4 is 15.5 Å². The molecular formula is C15H25NO3S. The smallest absolute Gasteiger partial charge is 0.178 e. The van der Waals surface area contributed by atoms with E-state index in [1.54, 1.807) is 19.2 Å². The predicted octanol–water partition coefficient (Wildman–Crippen LogP) is 2.95. The van der Waals surface area contributed by atoms with Crippen LogP contribution in [0.2, 0.25) is 0 Å². The standard InChI is InChI=1S/C15H25NO3S/c1-5-10-20(17,18)14-8-6-13(7-9-14)16-15(11-19-4)12(2)3/h6-9,12,15-16H,5,10-11H2,1-4H3. The summed E-state index contributed by atoms with van der Waals surface area (Å²) in [5, 5.41) is 3.37. The Bertz CT molecular complexity index is 494. The minimum atomic E-state index is -3.13. The van der Waals surface area contributed by atoms with E-state index in [0.29, 0.717) is 23.8 Å². The molecule has 0 spiro atoms. The van der Waals surface area contributed by atoms with Gasteiger partial charge in [0.1, 0.15) is 0 Å². The van der Waals surface area contributed by atoms with Crippen LogP contribution in [0.1, 0.15) is 27.2 Å². The van der Waals surface area contributed by atoms with Gasteiger partial charge in [0.05, 0.1) is 23.3 Å². The lowest BCUT2D eigenvalue weighted by molar-refractivity contribution is 0.171. The topological polar surface area (TPSA) is 55.4 Å². The zero-order valence-corrected chi connectivity index (χ0v) is 13.5. The summed E-state index contributed by atoms with van der Waals surface area (Å²) in [6, 6.07) is 7.16. The van der Waals surface area contributed by atoms with Crippen LogP contribution in [0.5, 0.6) is 0 Å². The average Bonchev–Trinajstić information content (AvgIpc) is 2.38. The van der Waals surface area contributed by atoms with Crippen molar-refractivity contribution in [1.82, 2.24) is 0 Å². The number of nitrogens with one attached hydrogen (secondary N) is 1. The van der Waals surface area contributed by atoms with Gasteiger partial charge in [-0.05, 0) is 36.6 Å². The minimum absolute atomic E-state index is 0.193. The maximum Gasteiger partial charge on any atom is 0.178 e. The number of methoxy groups -OCH3 is 1. The third-order valence-corrected chi connectivity index (χ3v) is 5.13. The molecule has 0 heterocycles. The Labute approximate surface area is 122 Å². The van der Waals surface area contributed by atoms with Gasteiger partial charge >= 0.3 is 0 Å². The Hall–Kier alpha value is -1.07. The molecule has 1 rings (SSSR count). The molecule has 0 fully saturated rings. The minimum Gasteiger partial charge on any atom is -0.383 e. The van der Waals surface area contributed by atoms with Gasteiger partial charge in [-0.2, -0.15) is 0 Å². The van der Waals surface area contributed by atoms with E-state index in [2.05, 4.69) is 19.2 Å². The highest BCUT2D eigenvalue weighted by Gasteiger charge is 2.15. The van der Waals surface area contributed by atoms with E-state index in [1.165, 1.54) is 0 Å². The van der Waals surface area contributed by atoms with Crippen molar-refractivity contribution in [2.24, 2.45) is 5.92 Å². The summed E-state index contributed by atoms with van der Waals surface area (Å²) in [6.45, 7) is 6.73. The highest BCUT2D eigenvalue weighted by Crippen LogP contribution is 2.18. The van der Waals surface area contributed by atoms with Crippen molar-refractivity contribution in [2.45, 2.75) is 38.1 Å². The van der Waals surface area contributed by atoms with Crippen molar-refractivity contribution in [3.05, 3.63) is 24.3 Å². The molecule has 1 aromatic rings. The maximum atomic E-state index is 11.9. The number of hydrogen-bond acceptors (Lipinski definition) is 4. The zero-order chi connectivity index (χ0) is 15.2. The first-order valence-electron chi connectivity index (χ1n) is 6.99. The van der Waals surface area contributed by atoms with E-state index in [9.17, 15) is 8.42 Å². The van der Waals surface area contributed by atoms with Crippen molar-refractivity contribution in [3.63, 3.8) is 0 Å². The summed E-state index contributed by atoms with van der Waals surface area (Å²) < 4.78 is 29.1. The molecule has 1 unspecified atom stereocenters. The van der Waals surface area contributed by atoms with Crippen molar-refractivity contribution in [3.8, 4) is 0 Å². The highest BCUT2D eigenvalue weighted by atomic mass is 32.2. The number of rotatable bonds is 8. The van der Waals surface area contributed by atoms with Gasteiger partial charge in [0.25, 0.3) is 0 Å². The molecule has 5 heteroatoms. The molecule has 0 amide bonds. The molecule has 0 aromatic heterocycles. The van der Waals surface area contributed by atoms with Gasteiger partial charge in [-0.25, -0.2) is 8.42 Å². The number of ether oxygens (including phenoxy) is 1. The highest BCUT2D eigenvalue weighted by molar-refractivity contribution is 7.91.